The normalized spacial score (nSPS) is 13.1. The van der Waals surface area contributed by atoms with Crippen molar-refractivity contribution in [1.82, 2.24) is 0 Å². The van der Waals surface area contributed by atoms with Crippen molar-refractivity contribution in [3.05, 3.63) is 65.2 Å². The molecule has 82 valence electrons. The van der Waals surface area contributed by atoms with E-state index in [1.165, 1.54) is 10.8 Å². The van der Waals surface area contributed by atoms with Gasteiger partial charge < -0.3 is 0 Å². The van der Waals surface area contributed by atoms with E-state index in [0.29, 0.717) is 5.54 Å². The minimum atomic E-state index is -0.260. The van der Waals surface area contributed by atoms with Crippen molar-refractivity contribution < 1.29 is 0 Å². The van der Waals surface area contributed by atoms with Gasteiger partial charge in [0.15, 0.2) is 0 Å². The summed E-state index contributed by atoms with van der Waals surface area (Å²) in [5, 5.41) is 2.30. The van der Waals surface area contributed by atoms with Gasteiger partial charge in [-0.15, -0.1) is 0 Å². The maximum absolute atomic E-state index is 5.88. The Morgan fingerprint density at radius 2 is 1.56 bits per heavy atom. The van der Waals surface area contributed by atoms with Crippen LogP contribution in [0.1, 0.15) is 18.0 Å². The molecule has 1 unspecified atom stereocenters. The number of hydrogen-bond donors (Lipinski definition) is 0. The third-order valence-electron chi connectivity index (χ3n) is 2.82. The first kappa shape index (κ1) is 11.4. The van der Waals surface area contributed by atoms with Crippen LogP contribution in [0.2, 0.25) is 5.02 Å². The standard InChI is InChI=1S/C14H15ClSi/c1-11(12-5-3-2-4-6-12)16-14-9-7-13(15)8-10-14/h2-11H,16H2,1H3. The zero-order chi connectivity index (χ0) is 11.4. The second-order valence-electron chi connectivity index (χ2n) is 4.14. The van der Waals surface area contributed by atoms with E-state index in [1.807, 2.05) is 12.1 Å². The first-order chi connectivity index (χ1) is 7.75. The summed E-state index contributed by atoms with van der Waals surface area (Å²) in [5.41, 5.74) is 2.13. The van der Waals surface area contributed by atoms with Crippen molar-refractivity contribution in [2.45, 2.75) is 12.5 Å². The van der Waals surface area contributed by atoms with E-state index in [2.05, 4.69) is 49.4 Å². The van der Waals surface area contributed by atoms with Crippen molar-refractivity contribution in [2.24, 2.45) is 0 Å². The topological polar surface area (TPSA) is 0 Å². The maximum atomic E-state index is 5.88. The molecule has 2 heteroatoms. The fourth-order valence-electron chi connectivity index (χ4n) is 1.87. The van der Waals surface area contributed by atoms with Crippen LogP contribution in [0.15, 0.2) is 54.6 Å². The van der Waals surface area contributed by atoms with E-state index in [4.69, 9.17) is 11.6 Å². The first-order valence-corrected chi connectivity index (χ1v) is 7.45. The summed E-state index contributed by atoms with van der Waals surface area (Å²) in [5.74, 6) is 0. The molecule has 2 aromatic rings. The fraction of sp³-hybridized carbons (Fsp3) is 0.143. The maximum Gasteiger partial charge on any atom is 0.0620 e. The minimum absolute atomic E-state index is 0.260. The van der Waals surface area contributed by atoms with Gasteiger partial charge in [-0.25, -0.2) is 0 Å². The van der Waals surface area contributed by atoms with Crippen LogP contribution in [0, 0.1) is 0 Å². The van der Waals surface area contributed by atoms with Gasteiger partial charge >= 0.3 is 0 Å². The predicted octanol–water partition coefficient (Wildman–Crippen LogP) is 2.90. The second-order valence-corrected chi connectivity index (χ2v) is 7.03. The molecule has 0 N–H and O–H groups in total. The van der Waals surface area contributed by atoms with Crippen LogP contribution in [-0.2, 0) is 0 Å². The summed E-state index contributed by atoms with van der Waals surface area (Å²) < 4.78 is 0. The molecule has 0 radical (unpaired) electrons. The Labute approximate surface area is 104 Å². The third kappa shape index (κ3) is 2.97. The van der Waals surface area contributed by atoms with Gasteiger partial charge in [-0.2, -0.15) is 0 Å². The second kappa shape index (κ2) is 5.33. The Hall–Kier alpha value is -1.05. The van der Waals surface area contributed by atoms with Crippen LogP contribution in [0.4, 0.5) is 0 Å². The van der Waals surface area contributed by atoms with E-state index in [1.54, 1.807) is 0 Å². The monoisotopic (exact) mass is 246 g/mol. The molecule has 0 fully saturated rings. The van der Waals surface area contributed by atoms with Gasteiger partial charge in [0.05, 0.1) is 9.52 Å². The molecule has 2 aromatic carbocycles. The summed E-state index contributed by atoms with van der Waals surface area (Å²) >= 11 is 5.88. The number of benzene rings is 2. The number of hydrogen-bond acceptors (Lipinski definition) is 0. The third-order valence-corrected chi connectivity index (χ3v) is 5.10. The lowest BCUT2D eigenvalue weighted by molar-refractivity contribution is 1.07. The predicted molar refractivity (Wildman–Crippen MR) is 74.5 cm³/mol. The minimum Gasteiger partial charge on any atom is -0.0843 e. The van der Waals surface area contributed by atoms with E-state index >= 15 is 0 Å². The van der Waals surface area contributed by atoms with Crippen molar-refractivity contribution in [1.29, 1.82) is 0 Å². The molecule has 16 heavy (non-hydrogen) atoms. The lowest BCUT2D eigenvalue weighted by Gasteiger charge is -2.11. The quantitative estimate of drug-likeness (QED) is 0.731. The van der Waals surface area contributed by atoms with Crippen LogP contribution in [0.5, 0.6) is 0 Å². The highest BCUT2D eigenvalue weighted by molar-refractivity contribution is 6.55. The molecule has 0 aliphatic carbocycles. The van der Waals surface area contributed by atoms with Gasteiger partial charge in [0.25, 0.3) is 0 Å². The van der Waals surface area contributed by atoms with Crippen molar-refractivity contribution in [3.63, 3.8) is 0 Å². The van der Waals surface area contributed by atoms with E-state index in [0.717, 1.165) is 5.02 Å². The van der Waals surface area contributed by atoms with Crippen molar-refractivity contribution in [2.75, 3.05) is 0 Å². The van der Waals surface area contributed by atoms with Crippen molar-refractivity contribution >= 4 is 26.3 Å². The SMILES string of the molecule is CC([SiH2]c1ccc(Cl)cc1)c1ccccc1. The molecule has 0 saturated carbocycles. The summed E-state index contributed by atoms with van der Waals surface area (Å²) in [7, 11) is -0.260. The Bertz CT molecular complexity index is 436. The summed E-state index contributed by atoms with van der Waals surface area (Å²) in [4.78, 5) is 0. The average Bonchev–Trinajstić information content (AvgIpc) is 2.33. The Morgan fingerprint density at radius 1 is 0.938 bits per heavy atom. The Balaban J connectivity index is 2.08. The van der Waals surface area contributed by atoms with E-state index in [-0.39, 0.29) is 9.52 Å². The molecule has 0 aliphatic rings. The average molecular weight is 247 g/mol. The zero-order valence-electron chi connectivity index (χ0n) is 9.36. The Morgan fingerprint density at radius 3 is 2.19 bits per heavy atom. The molecule has 0 nitrogen and oxygen atoms in total. The molecular formula is C14H15ClSi. The van der Waals surface area contributed by atoms with Gasteiger partial charge in [-0.1, -0.05) is 66.2 Å². The zero-order valence-corrected chi connectivity index (χ0v) is 11.5. The highest BCUT2D eigenvalue weighted by Gasteiger charge is 2.06. The highest BCUT2D eigenvalue weighted by atomic mass is 35.5. The summed E-state index contributed by atoms with van der Waals surface area (Å²) in [6.07, 6.45) is 0. The van der Waals surface area contributed by atoms with Gasteiger partial charge in [0, 0.05) is 5.02 Å². The smallest absolute Gasteiger partial charge is 0.0620 e. The number of halogens is 1. The van der Waals surface area contributed by atoms with Gasteiger partial charge in [0.2, 0.25) is 0 Å². The van der Waals surface area contributed by atoms with E-state index in [9.17, 15) is 0 Å². The van der Waals surface area contributed by atoms with Gasteiger partial charge in [-0.05, 0) is 23.2 Å². The largest absolute Gasteiger partial charge is 0.0843 e. The van der Waals surface area contributed by atoms with Crippen LogP contribution in [-0.4, -0.2) is 9.52 Å². The Kier molecular flexibility index (Phi) is 3.81. The van der Waals surface area contributed by atoms with E-state index < -0.39 is 0 Å². The molecule has 0 heterocycles. The lowest BCUT2D eigenvalue weighted by Crippen LogP contribution is -2.19. The molecule has 0 aromatic heterocycles. The molecule has 2 rings (SSSR count). The molecule has 0 spiro atoms. The molecule has 0 aliphatic heterocycles. The van der Waals surface area contributed by atoms with Crippen LogP contribution in [0.3, 0.4) is 0 Å². The number of rotatable bonds is 3. The summed E-state index contributed by atoms with van der Waals surface area (Å²) in [6, 6.07) is 19.0. The molecule has 0 bridgehead atoms. The first-order valence-electron chi connectivity index (χ1n) is 5.55. The molecule has 0 amide bonds. The fourth-order valence-corrected chi connectivity index (χ4v) is 3.72. The lowest BCUT2D eigenvalue weighted by atomic mass is 10.2. The van der Waals surface area contributed by atoms with Crippen LogP contribution in [0.25, 0.3) is 0 Å². The molecule has 1 atom stereocenters. The van der Waals surface area contributed by atoms with Crippen molar-refractivity contribution in [3.8, 4) is 0 Å². The summed E-state index contributed by atoms with van der Waals surface area (Å²) in [6.45, 7) is 2.32. The van der Waals surface area contributed by atoms with Crippen LogP contribution >= 0.6 is 11.6 Å². The molecule has 0 saturated heterocycles. The van der Waals surface area contributed by atoms with Gasteiger partial charge in [-0.3, -0.25) is 0 Å². The van der Waals surface area contributed by atoms with Crippen LogP contribution < -0.4 is 5.19 Å². The highest BCUT2D eigenvalue weighted by Crippen LogP contribution is 2.13. The molecular weight excluding hydrogens is 232 g/mol. The van der Waals surface area contributed by atoms with Gasteiger partial charge in [0.1, 0.15) is 0 Å².